The van der Waals surface area contributed by atoms with Crippen LogP contribution in [0.2, 0.25) is 0 Å². The molecule has 0 unspecified atom stereocenters. The van der Waals surface area contributed by atoms with E-state index in [1.54, 1.807) is 0 Å². The van der Waals surface area contributed by atoms with Crippen LogP contribution in [0.15, 0.2) is 6.20 Å². The summed E-state index contributed by atoms with van der Waals surface area (Å²) in [6.07, 6.45) is 5.32. The Morgan fingerprint density at radius 1 is 1.43 bits per heavy atom. The predicted molar refractivity (Wildman–Crippen MR) is 52.3 cm³/mol. The first kappa shape index (κ1) is 8.99. The fourth-order valence-corrected chi connectivity index (χ4v) is 1.87. The van der Waals surface area contributed by atoms with Crippen LogP contribution in [0.5, 0.6) is 0 Å². The lowest BCUT2D eigenvalue weighted by molar-refractivity contribution is 0.0697. The number of hydrogen-bond acceptors (Lipinski definition) is 3. The van der Waals surface area contributed by atoms with E-state index in [4.69, 9.17) is 10.8 Å². The summed E-state index contributed by atoms with van der Waals surface area (Å²) >= 11 is 0. The van der Waals surface area contributed by atoms with Crippen molar-refractivity contribution in [2.75, 3.05) is 5.73 Å². The Hall–Kier alpha value is -1.58. The number of aryl methyl sites for hydroxylation is 1. The van der Waals surface area contributed by atoms with Crippen molar-refractivity contribution in [1.29, 1.82) is 0 Å². The van der Waals surface area contributed by atoms with Gasteiger partial charge < -0.3 is 10.8 Å². The van der Waals surface area contributed by atoms with E-state index in [1.807, 2.05) is 0 Å². The number of fused-ring (bicyclic) bond motifs is 1. The minimum Gasteiger partial charge on any atom is -0.478 e. The molecule has 0 bridgehead atoms. The molecule has 0 saturated heterocycles. The molecule has 0 saturated carbocycles. The number of rotatable bonds is 1. The van der Waals surface area contributed by atoms with Gasteiger partial charge in [0.1, 0.15) is 5.56 Å². The Bertz CT molecular complexity index is 388. The molecule has 0 radical (unpaired) electrons. The zero-order valence-corrected chi connectivity index (χ0v) is 7.79. The lowest BCUT2D eigenvalue weighted by Gasteiger charge is -2.17. The summed E-state index contributed by atoms with van der Waals surface area (Å²) in [5.41, 5.74) is 8.23. The van der Waals surface area contributed by atoms with Crippen LogP contribution in [-0.4, -0.2) is 16.1 Å². The first-order chi connectivity index (χ1) is 6.70. The van der Waals surface area contributed by atoms with Crippen molar-refractivity contribution in [2.24, 2.45) is 0 Å². The van der Waals surface area contributed by atoms with E-state index in [0.29, 0.717) is 5.69 Å². The minimum absolute atomic E-state index is 0.130. The summed E-state index contributed by atoms with van der Waals surface area (Å²) in [6.45, 7) is 0. The number of nitrogens with zero attached hydrogens (tertiary/aromatic N) is 1. The number of carboxylic acid groups (broad SMARTS) is 1. The van der Waals surface area contributed by atoms with Gasteiger partial charge in [0.2, 0.25) is 0 Å². The highest BCUT2D eigenvalue weighted by atomic mass is 16.4. The van der Waals surface area contributed by atoms with Crippen molar-refractivity contribution in [3.63, 3.8) is 0 Å². The smallest absolute Gasteiger partial charge is 0.339 e. The second kappa shape index (κ2) is 3.29. The van der Waals surface area contributed by atoms with Crippen molar-refractivity contribution in [2.45, 2.75) is 25.7 Å². The Morgan fingerprint density at radius 3 is 2.86 bits per heavy atom. The standard InChI is InChI=1S/C10H12N2O2/c11-9-6-3-1-2-4-8(6)12-5-7(9)10(13)14/h5H,1-4H2,(H2,11,12)(H,13,14). The van der Waals surface area contributed by atoms with Crippen molar-refractivity contribution in [3.8, 4) is 0 Å². The van der Waals surface area contributed by atoms with Gasteiger partial charge in [-0.15, -0.1) is 0 Å². The summed E-state index contributed by atoms with van der Waals surface area (Å²) in [7, 11) is 0. The molecular weight excluding hydrogens is 180 g/mol. The van der Waals surface area contributed by atoms with Gasteiger partial charge >= 0.3 is 5.97 Å². The van der Waals surface area contributed by atoms with Crippen LogP contribution in [0, 0.1) is 0 Å². The highest BCUT2D eigenvalue weighted by Crippen LogP contribution is 2.26. The number of nitrogens with two attached hydrogens (primary N) is 1. The largest absolute Gasteiger partial charge is 0.478 e. The fraction of sp³-hybridized carbons (Fsp3) is 0.400. The fourth-order valence-electron chi connectivity index (χ4n) is 1.87. The molecule has 0 aliphatic heterocycles. The van der Waals surface area contributed by atoms with Crippen LogP contribution >= 0.6 is 0 Å². The summed E-state index contributed by atoms with van der Waals surface area (Å²) in [5, 5.41) is 8.85. The Kier molecular flexibility index (Phi) is 2.11. The number of anilines is 1. The van der Waals surface area contributed by atoms with E-state index < -0.39 is 5.97 Å². The van der Waals surface area contributed by atoms with Gasteiger partial charge in [-0.2, -0.15) is 0 Å². The number of nitrogen functional groups attached to an aromatic ring is 1. The lowest BCUT2D eigenvalue weighted by atomic mass is 9.93. The molecule has 1 heterocycles. The maximum absolute atomic E-state index is 10.8. The zero-order valence-electron chi connectivity index (χ0n) is 7.79. The van der Waals surface area contributed by atoms with Crippen LogP contribution in [-0.2, 0) is 12.8 Å². The third-order valence-corrected chi connectivity index (χ3v) is 2.63. The number of carbonyl (C=O) groups is 1. The highest BCUT2D eigenvalue weighted by molar-refractivity contribution is 5.94. The van der Waals surface area contributed by atoms with Gasteiger partial charge in [-0.05, 0) is 31.2 Å². The molecule has 74 valence electrons. The predicted octanol–water partition coefficient (Wildman–Crippen LogP) is 1.24. The van der Waals surface area contributed by atoms with Crippen molar-refractivity contribution < 1.29 is 9.90 Å². The third kappa shape index (κ3) is 1.32. The van der Waals surface area contributed by atoms with Gasteiger partial charge in [0.05, 0.1) is 5.69 Å². The van der Waals surface area contributed by atoms with E-state index in [9.17, 15) is 4.79 Å². The van der Waals surface area contributed by atoms with Crippen LogP contribution < -0.4 is 5.73 Å². The first-order valence-corrected chi connectivity index (χ1v) is 4.69. The average Bonchev–Trinajstić information content (AvgIpc) is 2.18. The Labute approximate surface area is 81.8 Å². The summed E-state index contributed by atoms with van der Waals surface area (Å²) in [6, 6.07) is 0. The quantitative estimate of drug-likeness (QED) is 0.701. The molecular formula is C10H12N2O2. The van der Waals surface area contributed by atoms with Crippen LogP contribution in [0.25, 0.3) is 0 Å². The summed E-state index contributed by atoms with van der Waals surface area (Å²) in [4.78, 5) is 14.9. The van der Waals surface area contributed by atoms with Gasteiger partial charge in [-0.25, -0.2) is 4.79 Å². The third-order valence-electron chi connectivity index (χ3n) is 2.63. The molecule has 0 atom stereocenters. The second-order valence-electron chi connectivity index (χ2n) is 3.52. The SMILES string of the molecule is Nc1c(C(=O)O)cnc2c1CCCC2. The van der Waals surface area contributed by atoms with E-state index in [-0.39, 0.29) is 5.56 Å². The monoisotopic (exact) mass is 192 g/mol. The normalized spacial score (nSPS) is 14.9. The van der Waals surface area contributed by atoms with E-state index in [0.717, 1.165) is 36.9 Å². The molecule has 0 amide bonds. The zero-order chi connectivity index (χ0) is 10.1. The second-order valence-corrected chi connectivity index (χ2v) is 3.52. The minimum atomic E-state index is -0.997. The summed E-state index contributed by atoms with van der Waals surface area (Å²) < 4.78 is 0. The molecule has 1 aromatic heterocycles. The lowest BCUT2D eigenvalue weighted by Crippen LogP contribution is -2.13. The van der Waals surface area contributed by atoms with Gasteiger partial charge in [-0.3, -0.25) is 4.98 Å². The van der Waals surface area contributed by atoms with E-state index in [1.165, 1.54) is 6.20 Å². The topological polar surface area (TPSA) is 76.2 Å². The molecule has 4 heteroatoms. The molecule has 0 fully saturated rings. The number of pyridine rings is 1. The molecule has 1 aliphatic rings. The number of aromatic nitrogens is 1. The van der Waals surface area contributed by atoms with Crippen molar-refractivity contribution >= 4 is 11.7 Å². The van der Waals surface area contributed by atoms with Crippen molar-refractivity contribution in [1.82, 2.24) is 4.98 Å². The maximum Gasteiger partial charge on any atom is 0.339 e. The Morgan fingerprint density at radius 2 is 2.14 bits per heavy atom. The molecule has 0 aromatic carbocycles. The molecule has 1 aliphatic carbocycles. The van der Waals surface area contributed by atoms with Gasteiger partial charge in [0, 0.05) is 11.9 Å². The van der Waals surface area contributed by atoms with Gasteiger partial charge in [0.25, 0.3) is 0 Å². The molecule has 0 spiro atoms. The molecule has 1 aromatic rings. The summed E-state index contributed by atoms with van der Waals surface area (Å²) in [5.74, 6) is -0.997. The van der Waals surface area contributed by atoms with Gasteiger partial charge in [-0.1, -0.05) is 0 Å². The maximum atomic E-state index is 10.8. The molecule has 4 nitrogen and oxygen atoms in total. The van der Waals surface area contributed by atoms with Crippen LogP contribution in [0.1, 0.15) is 34.5 Å². The molecule has 14 heavy (non-hydrogen) atoms. The number of carboxylic acids is 1. The number of aromatic carboxylic acids is 1. The van der Waals surface area contributed by atoms with Gasteiger partial charge in [0.15, 0.2) is 0 Å². The van der Waals surface area contributed by atoms with Crippen molar-refractivity contribution in [3.05, 3.63) is 23.0 Å². The van der Waals surface area contributed by atoms with E-state index >= 15 is 0 Å². The van der Waals surface area contributed by atoms with E-state index in [2.05, 4.69) is 4.98 Å². The molecule has 2 rings (SSSR count). The van der Waals surface area contributed by atoms with Crippen LogP contribution in [0.3, 0.4) is 0 Å². The number of hydrogen-bond donors (Lipinski definition) is 2. The average molecular weight is 192 g/mol. The highest BCUT2D eigenvalue weighted by Gasteiger charge is 2.18. The Balaban J connectivity index is 2.54. The van der Waals surface area contributed by atoms with Crippen LogP contribution in [0.4, 0.5) is 5.69 Å². The first-order valence-electron chi connectivity index (χ1n) is 4.69. The molecule has 3 N–H and O–H groups in total.